The Kier molecular flexibility index (Phi) is 4.88. The molecule has 1 aromatic carbocycles. The Bertz CT molecular complexity index is 518. The molecule has 0 saturated heterocycles. The highest BCUT2D eigenvalue weighted by molar-refractivity contribution is 5.93. The van der Waals surface area contributed by atoms with Crippen molar-refractivity contribution in [2.24, 2.45) is 0 Å². The Hall–Kier alpha value is -2.35. The van der Waals surface area contributed by atoms with Crippen molar-refractivity contribution in [3.63, 3.8) is 0 Å². The van der Waals surface area contributed by atoms with Crippen molar-refractivity contribution in [3.8, 4) is 6.07 Å². The molecule has 0 aliphatic carbocycles. The average Bonchev–Trinajstić information content (AvgIpc) is 2.34. The van der Waals surface area contributed by atoms with Crippen molar-refractivity contribution < 1.29 is 13.9 Å². The molecule has 0 amide bonds. The molecule has 0 saturated carbocycles. The highest BCUT2D eigenvalue weighted by atomic mass is 19.1. The Morgan fingerprint density at radius 3 is 2.89 bits per heavy atom. The number of hydrogen-bond acceptors (Lipinski definition) is 4. The van der Waals surface area contributed by atoms with Gasteiger partial charge >= 0.3 is 5.97 Å². The number of aryl methyl sites for hydroxylation is 1. The van der Waals surface area contributed by atoms with Crippen molar-refractivity contribution in [2.45, 2.75) is 13.8 Å². The first kappa shape index (κ1) is 13.7. The maximum Gasteiger partial charge on any atom is 0.350 e. The van der Waals surface area contributed by atoms with Crippen molar-refractivity contribution >= 4 is 11.7 Å². The maximum absolute atomic E-state index is 13.2. The molecule has 5 heteroatoms. The number of halogens is 1. The molecule has 1 N–H and O–H groups in total. The summed E-state index contributed by atoms with van der Waals surface area (Å²) in [5.74, 6) is -1.07. The van der Waals surface area contributed by atoms with Crippen molar-refractivity contribution in [1.29, 1.82) is 5.26 Å². The summed E-state index contributed by atoms with van der Waals surface area (Å²) in [7, 11) is 0. The lowest BCUT2D eigenvalue weighted by Gasteiger charge is -2.04. The maximum atomic E-state index is 13.2. The van der Waals surface area contributed by atoms with Crippen LogP contribution >= 0.6 is 0 Å². The molecule has 1 aromatic rings. The predicted octanol–water partition coefficient (Wildman–Crippen LogP) is 2.52. The fraction of sp³-hybridized carbons (Fsp3) is 0.231. The Labute approximate surface area is 105 Å². The zero-order chi connectivity index (χ0) is 13.5. The molecule has 0 atom stereocenters. The second kappa shape index (κ2) is 6.40. The Morgan fingerprint density at radius 1 is 1.61 bits per heavy atom. The van der Waals surface area contributed by atoms with E-state index < -0.39 is 5.97 Å². The van der Waals surface area contributed by atoms with E-state index in [-0.39, 0.29) is 18.0 Å². The van der Waals surface area contributed by atoms with Gasteiger partial charge in [0, 0.05) is 11.9 Å². The van der Waals surface area contributed by atoms with Crippen LogP contribution in [0.3, 0.4) is 0 Å². The SMILES string of the molecule is CCOC(=O)/C(C#N)=C/Nc1ccc(C)c(F)c1. The quantitative estimate of drug-likeness (QED) is 0.505. The first-order valence-corrected chi connectivity index (χ1v) is 5.38. The van der Waals surface area contributed by atoms with Gasteiger partial charge < -0.3 is 10.1 Å². The van der Waals surface area contributed by atoms with Gasteiger partial charge in [0.15, 0.2) is 5.57 Å². The summed E-state index contributed by atoms with van der Waals surface area (Å²) in [5.41, 5.74) is 0.809. The van der Waals surface area contributed by atoms with Crippen molar-refractivity contribution in [1.82, 2.24) is 0 Å². The number of hydrogen-bond donors (Lipinski definition) is 1. The summed E-state index contributed by atoms with van der Waals surface area (Å²) in [5, 5.41) is 11.4. The number of ether oxygens (including phenoxy) is 1. The van der Waals surface area contributed by atoms with Gasteiger partial charge in [-0.1, -0.05) is 6.07 Å². The van der Waals surface area contributed by atoms with Crippen LogP contribution in [-0.4, -0.2) is 12.6 Å². The standard InChI is InChI=1S/C13H13FN2O2/c1-3-18-13(17)10(7-15)8-16-11-5-4-9(2)12(14)6-11/h4-6,8,16H,3H2,1-2H3/b10-8+. The number of benzene rings is 1. The molecule has 0 aliphatic heterocycles. The normalized spacial score (nSPS) is 10.7. The van der Waals surface area contributed by atoms with Gasteiger partial charge in [0.1, 0.15) is 11.9 Å². The van der Waals surface area contributed by atoms with Crippen molar-refractivity contribution in [3.05, 3.63) is 41.4 Å². The van der Waals surface area contributed by atoms with Crippen molar-refractivity contribution in [2.75, 3.05) is 11.9 Å². The van der Waals surface area contributed by atoms with Gasteiger partial charge in [0.2, 0.25) is 0 Å². The van der Waals surface area contributed by atoms with Crippen LogP contribution in [0.15, 0.2) is 30.0 Å². The van der Waals surface area contributed by atoms with Crippen LogP contribution in [0, 0.1) is 24.1 Å². The molecule has 0 bridgehead atoms. The van der Waals surface area contributed by atoms with Gasteiger partial charge in [-0.3, -0.25) is 0 Å². The van der Waals surface area contributed by atoms with Crippen LogP contribution in [-0.2, 0) is 9.53 Å². The first-order chi connectivity index (χ1) is 8.58. The predicted molar refractivity (Wildman–Crippen MR) is 65.1 cm³/mol. The lowest BCUT2D eigenvalue weighted by atomic mass is 10.2. The average molecular weight is 248 g/mol. The van der Waals surface area contributed by atoms with Gasteiger partial charge in [-0.2, -0.15) is 5.26 Å². The van der Waals surface area contributed by atoms with E-state index in [0.29, 0.717) is 11.3 Å². The number of esters is 1. The molecule has 94 valence electrons. The number of carbonyl (C=O) groups is 1. The number of nitrogens with zero attached hydrogens (tertiary/aromatic N) is 1. The number of anilines is 1. The summed E-state index contributed by atoms with van der Waals surface area (Å²) < 4.78 is 17.9. The number of nitrogens with one attached hydrogen (secondary N) is 1. The fourth-order valence-corrected chi connectivity index (χ4v) is 1.18. The first-order valence-electron chi connectivity index (χ1n) is 5.38. The molecular weight excluding hydrogens is 235 g/mol. The fourth-order valence-electron chi connectivity index (χ4n) is 1.18. The third kappa shape index (κ3) is 3.59. The van der Waals surface area contributed by atoms with Gasteiger partial charge in [0.05, 0.1) is 6.61 Å². The smallest absolute Gasteiger partial charge is 0.350 e. The molecule has 0 aromatic heterocycles. The van der Waals surface area contributed by atoms with Crippen LogP contribution in [0.2, 0.25) is 0 Å². The van der Waals surface area contributed by atoms with Crippen LogP contribution in [0.25, 0.3) is 0 Å². The number of nitriles is 1. The minimum absolute atomic E-state index is 0.169. The molecular formula is C13H13FN2O2. The second-order valence-corrected chi connectivity index (χ2v) is 3.50. The molecule has 0 radical (unpaired) electrons. The third-order valence-electron chi connectivity index (χ3n) is 2.17. The number of carbonyl (C=O) groups excluding carboxylic acids is 1. The van der Waals surface area contributed by atoms with Gasteiger partial charge in [-0.15, -0.1) is 0 Å². The van der Waals surface area contributed by atoms with Gasteiger partial charge in [0.25, 0.3) is 0 Å². The van der Waals surface area contributed by atoms with Crippen LogP contribution in [0.1, 0.15) is 12.5 Å². The van der Waals surface area contributed by atoms with E-state index in [1.54, 1.807) is 32.0 Å². The zero-order valence-corrected chi connectivity index (χ0v) is 10.2. The van der Waals surface area contributed by atoms with Gasteiger partial charge in [-0.25, -0.2) is 9.18 Å². The minimum atomic E-state index is -0.708. The Morgan fingerprint density at radius 2 is 2.33 bits per heavy atom. The highest BCUT2D eigenvalue weighted by Crippen LogP contribution is 2.13. The van der Waals surface area contributed by atoms with Crippen LogP contribution in [0.4, 0.5) is 10.1 Å². The van der Waals surface area contributed by atoms with E-state index in [4.69, 9.17) is 5.26 Å². The van der Waals surface area contributed by atoms with E-state index in [1.807, 2.05) is 0 Å². The lowest BCUT2D eigenvalue weighted by molar-refractivity contribution is -0.138. The molecule has 4 nitrogen and oxygen atoms in total. The second-order valence-electron chi connectivity index (χ2n) is 3.50. The summed E-state index contributed by atoms with van der Waals surface area (Å²) in [6.07, 6.45) is 1.20. The largest absolute Gasteiger partial charge is 0.462 e. The van der Waals surface area contributed by atoms with E-state index in [9.17, 15) is 9.18 Å². The summed E-state index contributed by atoms with van der Waals surface area (Å²) >= 11 is 0. The molecule has 1 rings (SSSR count). The molecule has 18 heavy (non-hydrogen) atoms. The van der Waals surface area contributed by atoms with Gasteiger partial charge in [-0.05, 0) is 31.5 Å². The monoisotopic (exact) mass is 248 g/mol. The summed E-state index contributed by atoms with van der Waals surface area (Å²) in [6.45, 7) is 3.49. The highest BCUT2D eigenvalue weighted by Gasteiger charge is 2.09. The topological polar surface area (TPSA) is 62.1 Å². The number of rotatable bonds is 4. The molecule has 0 spiro atoms. The third-order valence-corrected chi connectivity index (χ3v) is 2.17. The zero-order valence-electron chi connectivity index (χ0n) is 10.2. The van der Waals surface area contributed by atoms with E-state index in [0.717, 1.165) is 0 Å². The van der Waals surface area contributed by atoms with Crippen LogP contribution < -0.4 is 5.32 Å². The van der Waals surface area contributed by atoms with Crippen LogP contribution in [0.5, 0.6) is 0 Å². The van der Waals surface area contributed by atoms with E-state index in [2.05, 4.69) is 10.1 Å². The van der Waals surface area contributed by atoms with E-state index >= 15 is 0 Å². The lowest BCUT2D eigenvalue weighted by Crippen LogP contribution is -2.07. The van der Waals surface area contributed by atoms with E-state index in [1.165, 1.54) is 12.3 Å². The molecule has 0 unspecified atom stereocenters. The summed E-state index contributed by atoms with van der Waals surface area (Å²) in [6, 6.07) is 6.24. The molecule has 0 heterocycles. The summed E-state index contributed by atoms with van der Waals surface area (Å²) in [4.78, 5) is 11.3. The molecule has 0 aliphatic rings. The minimum Gasteiger partial charge on any atom is -0.462 e. The Balaban J connectivity index is 2.80. The molecule has 0 fully saturated rings.